The largest absolute Gasteiger partial charge is 0.456 e. The predicted molar refractivity (Wildman–Crippen MR) is 228 cm³/mol. The number of fused-ring (bicyclic) bond motifs is 10. The molecular weight excluding hydrogens is 687 g/mol. The molecule has 0 saturated carbocycles. The van der Waals surface area contributed by atoms with Crippen LogP contribution in [0, 0.1) is 0 Å². The van der Waals surface area contributed by atoms with Crippen LogP contribution in [0.25, 0.3) is 105 Å². The summed E-state index contributed by atoms with van der Waals surface area (Å²) in [6.07, 6.45) is 0. The van der Waals surface area contributed by atoms with Crippen molar-refractivity contribution in [1.29, 1.82) is 0 Å². The van der Waals surface area contributed by atoms with Crippen molar-refractivity contribution in [2.24, 2.45) is 0 Å². The zero-order chi connectivity index (χ0) is 36.7. The van der Waals surface area contributed by atoms with Gasteiger partial charge in [0.25, 0.3) is 0 Å². The highest BCUT2D eigenvalue weighted by molar-refractivity contribution is 6.27. The van der Waals surface area contributed by atoms with Gasteiger partial charge in [-0.1, -0.05) is 127 Å². The van der Waals surface area contributed by atoms with Gasteiger partial charge in [-0.15, -0.1) is 5.10 Å². The first-order valence-electron chi connectivity index (χ1n) is 18.9. The Balaban J connectivity index is 1.12. The van der Waals surface area contributed by atoms with E-state index in [4.69, 9.17) is 14.7 Å². The van der Waals surface area contributed by atoms with Crippen molar-refractivity contribution < 1.29 is 4.42 Å². The fourth-order valence-corrected chi connectivity index (χ4v) is 8.88. The molecule has 4 aromatic heterocycles. The van der Waals surface area contributed by atoms with Gasteiger partial charge in [0.2, 0.25) is 0 Å². The lowest BCUT2D eigenvalue weighted by Gasteiger charge is -2.13. The van der Waals surface area contributed by atoms with Crippen LogP contribution < -0.4 is 0 Å². The topological polar surface area (TPSA) is 53.7 Å². The van der Waals surface area contributed by atoms with Crippen LogP contribution in [-0.2, 0) is 0 Å². The van der Waals surface area contributed by atoms with Crippen molar-refractivity contribution in [1.82, 2.24) is 24.1 Å². The number of hydrogen-bond acceptors (Lipinski definition) is 3. The lowest BCUT2D eigenvalue weighted by molar-refractivity contribution is 0.669. The highest BCUT2D eigenvalue weighted by Gasteiger charge is 2.24. The molecule has 0 spiro atoms. The average Bonchev–Trinajstić information content (AvgIpc) is 4.03. The minimum Gasteiger partial charge on any atom is -0.456 e. The number of para-hydroxylation sites is 4. The highest BCUT2D eigenvalue weighted by atomic mass is 16.3. The second kappa shape index (κ2) is 11.9. The molecular formula is C50H31N5O. The Hall–Kier alpha value is -7.70. The lowest BCUT2D eigenvalue weighted by Crippen LogP contribution is -2.00. The summed E-state index contributed by atoms with van der Waals surface area (Å²) in [6, 6.07) is 66.2. The normalized spacial score (nSPS) is 11.9. The number of hydrogen-bond donors (Lipinski definition) is 0. The third kappa shape index (κ3) is 4.38. The molecule has 6 nitrogen and oxygen atoms in total. The minimum absolute atomic E-state index is 0.839. The SMILES string of the molecule is c1ccc(-c2nnn(-c3ccccc3)c2-c2cccc3c2c2ccccc2n3-c2cccc(-n3c4ccccc4c4c5c(ccc43)oc3ccccc35)c2)cc1. The van der Waals surface area contributed by atoms with Crippen molar-refractivity contribution in [3.05, 3.63) is 188 Å². The van der Waals surface area contributed by atoms with Crippen molar-refractivity contribution in [2.75, 3.05) is 0 Å². The maximum Gasteiger partial charge on any atom is 0.136 e. The summed E-state index contributed by atoms with van der Waals surface area (Å²) in [4.78, 5) is 0. The molecule has 4 heterocycles. The standard InChI is InChI=1S/C50H31N5O/c1-3-15-32(16-4-1)49-50(55(52-51-49)33-17-5-2-6-18-33)39-24-14-27-42-46(39)36-21-7-10-25-40(36)53(42)34-19-13-20-35(31-34)54-41-26-11-8-22-37(41)47-43(54)29-30-45-48(47)38-23-9-12-28-44(38)56-45/h1-31H. The highest BCUT2D eigenvalue weighted by Crippen LogP contribution is 2.44. The van der Waals surface area contributed by atoms with E-state index < -0.39 is 0 Å². The summed E-state index contributed by atoms with van der Waals surface area (Å²) in [5.41, 5.74) is 13.3. The average molecular weight is 718 g/mol. The summed E-state index contributed by atoms with van der Waals surface area (Å²) in [6.45, 7) is 0. The monoisotopic (exact) mass is 717 g/mol. The van der Waals surface area contributed by atoms with Gasteiger partial charge in [0.1, 0.15) is 22.6 Å². The number of rotatable bonds is 5. The van der Waals surface area contributed by atoms with E-state index in [9.17, 15) is 0 Å². The van der Waals surface area contributed by atoms with Crippen LogP contribution in [0.1, 0.15) is 0 Å². The third-order valence-corrected chi connectivity index (χ3v) is 11.2. The van der Waals surface area contributed by atoms with E-state index in [-0.39, 0.29) is 0 Å². The molecule has 0 bridgehead atoms. The Bertz CT molecular complexity index is 3420. The molecule has 262 valence electrons. The van der Waals surface area contributed by atoms with E-state index in [1.807, 2.05) is 35.0 Å². The van der Waals surface area contributed by atoms with Gasteiger partial charge in [-0.3, -0.25) is 0 Å². The summed E-state index contributed by atoms with van der Waals surface area (Å²) < 4.78 is 13.1. The van der Waals surface area contributed by atoms with Gasteiger partial charge in [0.05, 0.1) is 27.8 Å². The molecule has 56 heavy (non-hydrogen) atoms. The summed E-state index contributed by atoms with van der Waals surface area (Å²) in [7, 11) is 0. The van der Waals surface area contributed by atoms with Crippen LogP contribution in [0.15, 0.2) is 192 Å². The molecule has 0 radical (unpaired) electrons. The second-order valence-electron chi connectivity index (χ2n) is 14.3. The molecule has 0 fully saturated rings. The molecule has 0 unspecified atom stereocenters. The Labute approximate surface area is 320 Å². The van der Waals surface area contributed by atoms with Crippen LogP contribution in [0.5, 0.6) is 0 Å². The first-order chi connectivity index (χ1) is 27.8. The summed E-state index contributed by atoms with van der Waals surface area (Å²) in [5.74, 6) is 0. The molecule has 12 rings (SSSR count). The molecule has 0 atom stereocenters. The van der Waals surface area contributed by atoms with Gasteiger partial charge in [-0.25, -0.2) is 4.68 Å². The van der Waals surface area contributed by atoms with Gasteiger partial charge in [-0.05, 0) is 66.7 Å². The molecule has 6 heteroatoms. The van der Waals surface area contributed by atoms with Crippen LogP contribution in [0.4, 0.5) is 0 Å². The van der Waals surface area contributed by atoms with Crippen molar-refractivity contribution in [2.45, 2.75) is 0 Å². The Kier molecular flexibility index (Phi) is 6.53. The molecule has 8 aromatic carbocycles. The molecule has 12 aromatic rings. The van der Waals surface area contributed by atoms with Crippen molar-refractivity contribution in [3.63, 3.8) is 0 Å². The van der Waals surface area contributed by atoms with Crippen molar-refractivity contribution >= 4 is 65.6 Å². The van der Waals surface area contributed by atoms with Gasteiger partial charge in [0.15, 0.2) is 0 Å². The quantitative estimate of drug-likeness (QED) is 0.178. The fraction of sp³-hybridized carbons (Fsp3) is 0. The molecule has 0 aliphatic heterocycles. The number of aromatic nitrogens is 5. The second-order valence-corrected chi connectivity index (χ2v) is 14.3. The molecule has 0 N–H and O–H groups in total. The predicted octanol–water partition coefficient (Wildman–Crippen LogP) is 12.7. The van der Waals surface area contributed by atoms with Crippen LogP contribution in [0.2, 0.25) is 0 Å². The van der Waals surface area contributed by atoms with E-state index in [1.54, 1.807) is 0 Å². The van der Waals surface area contributed by atoms with Gasteiger partial charge < -0.3 is 13.6 Å². The van der Waals surface area contributed by atoms with Gasteiger partial charge >= 0.3 is 0 Å². The van der Waals surface area contributed by atoms with Gasteiger partial charge in [-0.2, -0.15) is 0 Å². The number of nitrogens with zero attached hydrogens (tertiary/aromatic N) is 5. The molecule has 0 saturated heterocycles. The Morgan fingerprint density at radius 2 is 0.964 bits per heavy atom. The van der Waals surface area contributed by atoms with E-state index in [0.29, 0.717) is 0 Å². The maximum absolute atomic E-state index is 6.35. The summed E-state index contributed by atoms with van der Waals surface area (Å²) in [5, 5.41) is 16.6. The molecule has 0 aliphatic rings. The molecule has 0 amide bonds. The van der Waals surface area contributed by atoms with Crippen LogP contribution in [-0.4, -0.2) is 24.1 Å². The smallest absolute Gasteiger partial charge is 0.136 e. The number of furan rings is 1. The lowest BCUT2D eigenvalue weighted by atomic mass is 9.99. The van der Waals surface area contributed by atoms with E-state index in [1.165, 1.54) is 10.8 Å². The van der Waals surface area contributed by atoms with Crippen molar-refractivity contribution in [3.8, 4) is 39.6 Å². The zero-order valence-electron chi connectivity index (χ0n) is 30.0. The third-order valence-electron chi connectivity index (χ3n) is 11.2. The van der Waals surface area contributed by atoms with E-state index >= 15 is 0 Å². The summed E-state index contributed by atoms with van der Waals surface area (Å²) >= 11 is 0. The minimum atomic E-state index is 0.839. The maximum atomic E-state index is 6.35. The van der Waals surface area contributed by atoms with E-state index in [0.717, 1.165) is 94.4 Å². The van der Waals surface area contributed by atoms with Gasteiger partial charge in [0, 0.05) is 54.8 Å². The molecule has 0 aliphatic carbocycles. The zero-order valence-corrected chi connectivity index (χ0v) is 30.0. The van der Waals surface area contributed by atoms with Crippen LogP contribution in [0.3, 0.4) is 0 Å². The first kappa shape index (κ1) is 30.7. The fourth-order valence-electron chi connectivity index (χ4n) is 8.88. The Morgan fingerprint density at radius 3 is 1.71 bits per heavy atom. The van der Waals surface area contributed by atoms with E-state index in [2.05, 4.69) is 167 Å². The van der Waals surface area contributed by atoms with Crippen LogP contribution >= 0.6 is 0 Å². The Morgan fingerprint density at radius 1 is 0.393 bits per heavy atom. The number of benzene rings is 8. The first-order valence-corrected chi connectivity index (χ1v) is 18.9.